The molecule has 96 valence electrons. The Balaban J connectivity index is 2.52. The lowest BCUT2D eigenvalue weighted by Gasteiger charge is -2.05. The minimum Gasteiger partial charge on any atom is -0.496 e. The monoisotopic (exact) mass is 309 g/mol. The largest absolute Gasteiger partial charge is 0.496 e. The third-order valence-corrected chi connectivity index (χ3v) is 3.59. The van der Waals surface area contributed by atoms with Crippen molar-refractivity contribution >= 4 is 21.7 Å². The number of nitrogens with zero attached hydrogens (tertiary/aromatic N) is 2. The smallest absolute Gasteiger partial charge is 0.133 e. The van der Waals surface area contributed by atoms with E-state index in [-0.39, 0.29) is 0 Å². The van der Waals surface area contributed by atoms with Crippen LogP contribution in [0, 0.1) is 0 Å². The van der Waals surface area contributed by atoms with E-state index in [1.54, 1.807) is 7.11 Å². The molecule has 1 aromatic carbocycles. The van der Waals surface area contributed by atoms with Gasteiger partial charge in [0.2, 0.25) is 0 Å². The summed E-state index contributed by atoms with van der Waals surface area (Å²) in [5, 5.41) is 0. The van der Waals surface area contributed by atoms with Gasteiger partial charge in [0.05, 0.1) is 11.6 Å². The second-order valence-electron chi connectivity index (χ2n) is 4.02. The highest BCUT2D eigenvalue weighted by atomic mass is 79.9. The van der Waals surface area contributed by atoms with Crippen LogP contribution >= 0.6 is 15.9 Å². The van der Waals surface area contributed by atoms with Gasteiger partial charge < -0.3 is 15.0 Å². The summed E-state index contributed by atoms with van der Waals surface area (Å²) in [5.41, 5.74) is 7.88. The molecule has 2 aromatic rings. The average Bonchev–Trinajstić information content (AvgIpc) is 2.66. The maximum absolute atomic E-state index is 6.09. The van der Waals surface area contributed by atoms with Gasteiger partial charge in [0, 0.05) is 19.0 Å². The number of hydrogen-bond acceptors (Lipinski definition) is 3. The summed E-state index contributed by atoms with van der Waals surface area (Å²) < 4.78 is 8.03. The Morgan fingerprint density at radius 3 is 2.67 bits per heavy atom. The number of hydrogen-bond donors (Lipinski definition) is 1. The molecule has 1 aromatic heterocycles. The lowest BCUT2D eigenvalue weighted by molar-refractivity contribution is 0.412. The first-order valence-electron chi connectivity index (χ1n) is 5.73. The highest BCUT2D eigenvalue weighted by Gasteiger charge is 2.13. The van der Waals surface area contributed by atoms with Crippen molar-refractivity contribution in [2.24, 2.45) is 7.05 Å². The molecule has 0 bridgehead atoms. The van der Waals surface area contributed by atoms with Crippen LogP contribution in [0.5, 0.6) is 5.75 Å². The Morgan fingerprint density at radius 2 is 2.17 bits per heavy atom. The van der Waals surface area contributed by atoms with Gasteiger partial charge in [-0.25, -0.2) is 4.98 Å². The second kappa shape index (κ2) is 5.02. The highest BCUT2D eigenvalue weighted by Crippen LogP contribution is 2.32. The molecule has 0 aliphatic rings. The van der Waals surface area contributed by atoms with Crippen molar-refractivity contribution < 1.29 is 4.74 Å². The number of anilines is 1. The van der Waals surface area contributed by atoms with Crippen molar-refractivity contribution in [1.82, 2.24) is 9.55 Å². The van der Waals surface area contributed by atoms with Crippen molar-refractivity contribution in [2.75, 3.05) is 12.8 Å². The van der Waals surface area contributed by atoms with Crippen LogP contribution in [0.2, 0.25) is 0 Å². The molecular weight excluding hydrogens is 294 g/mol. The highest BCUT2D eigenvalue weighted by molar-refractivity contribution is 9.10. The van der Waals surface area contributed by atoms with E-state index < -0.39 is 0 Å². The molecule has 0 fully saturated rings. The van der Waals surface area contributed by atoms with E-state index in [4.69, 9.17) is 10.5 Å². The van der Waals surface area contributed by atoms with Crippen molar-refractivity contribution in [3.8, 4) is 17.0 Å². The van der Waals surface area contributed by atoms with Crippen molar-refractivity contribution in [3.63, 3.8) is 0 Å². The number of nitrogens with two attached hydrogens (primary N) is 1. The predicted molar refractivity (Wildman–Crippen MR) is 76.7 cm³/mol. The van der Waals surface area contributed by atoms with E-state index in [1.165, 1.54) is 0 Å². The molecule has 4 nitrogen and oxygen atoms in total. The van der Waals surface area contributed by atoms with Crippen LogP contribution in [0.1, 0.15) is 12.7 Å². The summed E-state index contributed by atoms with van der Waals surface area (Å²) >= 11 is 3.47. The maximum Gasteiger partial charge on any atom is 0.133 e. The molecule has 2 N–H and O–H groups in total. The Hall–Kier alpha value is -1.49. The summed E-state index contributed by atoms with van der Waals surface area (Å²) in [4.78, 5) is 4.57. The van der Waals surface area contributed by atoms with Crippen LogP contribution in [0.3, 0.4) is 0 Å². The van der Waals surface area contributed by atoms with Crippen LogP contribution in [0.25, 0.3) is 11.3 Å². The number of imidazole rings is 1. The quantitative estimate of drug-likeness (QED) is 0.948. The standard InChI is InChI=1S/C13H16BrN3O/c1-4-11-16-12(13(15)17(11)2)8-5-6-10(18-3)9(14)7-8/h5-7H,4,15H2,1-3H3. The van der Waals surface area contributed by atoms with Gasteiger partial charge in [-0.3, -0.25) is 0 Å². The number of rotatable bonds is 3. The molecule has 0 saturated heterocycles. The third-order valence-electron chi connectivity index (χ3n) is 2.97. The van der Waals surface area contributed by atoms with Gasteiger partial charge in [-0.15, -0.1) is 0 Å². The van der Waals surface area contributed by atoms with Crippen molar-refractivity contribution in [2.45, 2.75) is 13.3 Å². The Bertz CT molecular complexity index is 578. The van der Waals surface area contributed by atoms with Gasteiger partial charge in [-0.2, -0.15) is 0 Å². The fraction of sp³-hybridized carbons (Fsp3) is 0.308. The minimum atomic E-state index is 0.684. The molecule has 0 atom stereocenters. The predicted octanol–water partition coefficient (Wildman–Crippen LogP) is 3.00. The van der Waals surface area contributed by atoms with E-state index in [1.807, 2.05) is 29.8 Å². The molecule has 0 amide bonds. The fourth-order valence-electron chi connectivity index (χ4n) is 1.90. The first-order valence-corrected chi connectivity index (χ1v) is 6.52. The molecule has 18 heavy (non-hydrogen) atoms. The van der Waals surface area contributed by atoms with Crippen LogP contribution in [-0.2, 0) is 13.5 Å². The van der Waals surface area contributed by atoms with Crippen molar-refractivity contribution in [1.29, 1.82) is 0 Å². The topological polar surface area (TPSA) is 53.1 Å². The normalized spacial score (nSPS) is 10.7. The van der Waals surface area contributed by atoms with Gasteiger partial charge in [-0.1, -0.05) is 6.92 Å². The van der Waals surface area contributed by atoms with Gasteiger partial charge in [0.15, 0.2) is 0 Å². The Kier molecular flexibility index (Phi) is 3.61. The first kappa shape index (κ1) is 13.0. The average molecular weight is 310 g/mol. The summed E-state index contributed by atoms with van der Waals surface area (Å²) in [6.07, 6.45) is 0.859. The number of benzene rings is 1. The summed E-state index contributed by atoms with van der Waals surface area (Å²) in [6, 6.07) is 5.83. The number of halogens is 1. The molecule has 1 heterocycles. The zero-order chi connectivity index (χ0) is 13.3. The third kappa shape index (κ3) is 2.10. The fourth-order valence-corrected chi connectivity index (χ4v) is 2.44. The molecule has 0 aliphatic carbocycles. The molecule has 0 radical (unpaired) electrons. The molecule has 0 saturated carbocycles. The second-order valence-corrected chi connectivity index (χ2v) is 4.88. The Labute approximate surface area is 115 Å². The van der Waals surface area contributed by atoms with E-state index >= 15 is 0 Å². The SMILES string of the molecule is CCc1nc(-c2ccc(OC)c(Br)c2)c(N)n1C. The molecule has 2 rings (SSSR count). The molecule has 0 aliphatic heterocycles. The number of nitrogen functional groups attached to an aromatic ring is 1. The lowest BCUT2D eigenvalue weighted by atomic mass is 10.1. The zero-order valence-electron chi connectivity index (χ0n) is 10.7. The van der Waals surface area contributed by atoms with Gasteiger partial charge in [0.25, 0.3) is 0 Å². The van der Waals surface area contributed by atoms with Gasteiger partial charge in [0.1, 0.15) is 23.1 Å². The van der Waals surface area contributed by atoms with Crippen LogP contribution in [0.15, 0.2) is 22.7 Å². The molecular formula is C13H16BrN3O. The van der Waals surface area contributed by atoms with Crippen molar-refractivity contribution in [3.05, 3.63) is 28.5 Å². The zero-order valence-corrected chi connectivity index (χ0v) is 12.3. The molecule has 0 spiro atoms. The number of aromatic nitrogens is 2. The van der Waals surface area contributed by atoms with Gasteiger partial charge in [-0.05, 0) is 34.1 Å². The number of aryl methyl sites for hydroxylation is 1. The van der Waals surface area contributed by atoms with Crippen LogP contribution in [-0.4, -0.2) is 16.7 Å². The lowest BCUT2D eigenvalue weighted by Crippen LogP contribution is -2.00. The molecule has 5 heteroatoms. The van der Waals surface area contributed by atoms with E-state index in [0.29, 0.717) is 5.82 Å². The summed E-state index contributed by atoms with van der Waals surface area (Å²) in [6.45, 7) is 2.06. The van der Waals surface area contributed by atoms with Crippen LogP contribution < -0.4 is 10.5 Å². The van der Waals surface area contributed by atoms with E-state index in [0.717, 1.165) is 33.7 Å². The van der Waals surface area contributed by atoms with E-state index in [9.17, 15) is 0 Å². The summed E-state index contributed by atoms with van der Waals surface area (Å²) in [7, 11) is 3.58. The Morgan fingerprint density at radius 1 is 1.44 bits per heavy atom. The van der Waals surface area contributed by atoms with E-state index in [2.05, 4.69) is 27.8 Å². The molecule has 0 unspecified atom stereocenters. The maximum atomic E-state index is 6.09. The number of methoxy groups -OCH3 is 1. The van der Waals surface area contributed by atoms with Gasteiger partial charge >= 0.3 is 0 Å². The first-order chi connectivity index (χ1) is 8.58. The van der Waals surface area contributed by atoms with Crippen LogP contribution in [0.4, 0.5) is 5.82 Å². The number of ether oxygens (including phenoxy) is 1. The minimum absolute atomic E-state index is 0.684. The summed E-state index contributed by atoms with van der Waals surface area (Å²) in [5.74, 6) is 2.46.